The van der Waals surface area contributed by atoms with Crippen LogP contribution in [0.3, 0.4) is 0 Å². The van der Waals surface area contributed by atoms with Crippen molar-refractivity contribution in [3.63, 3.8) is 0 Å². The van der Waals surface area contributed by atoms with Gasteiger partial charge < -0.3 is 5.32 Å². The van der Waals surface area contributed by atoms with Gasteiger partial charge in [-0.25, -0.2) is 8.42 Å². The molecule has 1 aliphatic heterocycles. The monoisotopic (exact) mass is 435 g/mol. The lowest BCUT2D eigenvalue weighted by Gasteiger charge is -2.33. The molecule has 1 heterocycles. The number of carbonyl (C=O) groups is 1. The summed E-state index contributed by atoms with van der Waals surface area (Å²) in [5.74, 6) is -0.165. The molecule has 2 aromatic carbocycles. The summed E-state index contributed by atoms with van der Waals surface area (Å²) >= 11 is 6.17. The first-order valence-electron chi connectivity index (χ1n) is 9.52. The fourth-order valence-corrected chi connectivity index (χ4v) is 5.38. The van der Waals surface area contributed by atoms with Crippen molar-refractivity contribution >= 4 is 33.2 Å². The predicted octanol–water partition coefficient (Wildman–Crippen LogP) is 3.21. The average molecular weight is 436 g/mol. The van der Waals surface area contributed by atoms with Crippen molar-refractivity contribution in [1.29, 1.82) is 0 Å². The number of halogens is 1. The molecular formula is C21H26ClN3O3S. The van der Waals surface area contributed by atoms with Gasteiger partial charge in [0.05, 0.1) is 22.2 Å². The standard InChI is InChI=1S/C21H26ClN3O3S/c1-15-5-7-19(18(22)12-15)23-21(26)14-24-8-10-25(11-9-24)29(27,28)20-13-16(2)4-6-17(20)3/h4-7,12-13H,8-11,14H2,1-3H3,(H,23,26). The number of hydrogen-bond acceptors (Lipinski definition) is 4. The Morgan fingerprint density at radius 2 is 1.62 bits per heavy atom. The van der Waals surface area contributed by atoms with Crippen LogP contribution in [0, 0.1) is 20.8 Å². The lowest BCUT2D eigenvalue weighted by Crippen LogP contribution is -2.50. The van der Waals surface area contributed by atoms with Crippen molar-refractivity contribution in [1.82, 2.24) is 9.21 Å². The second-order valence-corrected chi connectivity index (χ2v) is 9.79. The summed E-state index contributed by atoms with van der Waals surface area (Å²) in [6, 6.07) is 10.9. The molecule has 6 nitrogen and oxygen atoms in total. The summed E-state index contributed by atoms with van der Waals surface area (Å²) in [6.45, 7) is 7.53. The molecule has 1 aliphatic rings. The van der Waals surface area contributed by atoms with E-state index in [1.165, 1.54) is 4.31 Å². The number of piperazine rings is 1. The fraction of sp³-hybridized carbons (Fsp3) is 0.381. The molecule has 1 fully saturated rings. The molecule has 0 aromatic heterocycles. The van der Waals surface area contributed by atoms with Crippen molar-refractivity contribution in [3.8, 4) is 0 Å². The van der Waals surface area contributed by atoms with Crippen molar-refractivity contribution < 1.29 is 13.2 Å². The normalized spacial score (nSPS) is 16.0. The molecule has 2 aromatic rings. The van der Waals surface area contributed by atoms with E-state index in [-0.39, 0.29) is 12.5 Å². The van der Waals surface area contributed by atoms with E-state index in [9.17, 15) is 13.2 Å². The van der Waals surface area contributed by atoms with Gasteiger partial charge in [0.1, 0.15) is 0 Å². The second-order valence-electron chi connectivity index (χ2n) is 7.48. The number of nitrogens with one attached hydrogen (secondary N) is 1. The van der Waals surface area contributed by atoms with E-state index in [0.717, 1.165) is 16.7 Å². The van der Waals surface area contributed by atoms with Crippen molar-refractivity contribution in [2.75, 3.05) is 38.0 Å². The number of hydrogen-bond donors (Lipinski definition) is 1. The van der Waals surface area contributed by atoms with Gasteiger partial charge in [0.25, 0.3) is 0 Å². The van der Waals surface area contributed by atoms with E-state index >= 15 is 0 Å². The molecule has 8 heteroatoms. The van der Waals surface area contributed by atoms with Gasteiger partial charge in [-0.15, -0.1) is 0 Å². The highest BCUT2D eigenvalue weighted by Crippen LogP contribution is 2.24. The van der Waals surface area contributed by atoms with Gasteiger partial charge >= 0.3 is 0 Å². The zero-order valence-electron chi connectivity index (χ0n) is 16.9. The summed E-state index contributed by atoms with van der Waals surface area (Å²) < 4.78 is 27.5. The maximum atomic E-state index is 13.0. The summed E-state index contributed by atoms with van der Waals surface area (Å²) in [7, 11) is -3.54. The molecule has 0 saturated carbocycles. The minimum absolute atomic E-state index is 0.165. The van der Waals surface area contributed by atoms with Crippen LogP contribution < -0.4 is 5.32 Å². The van der Waals surface area contributed by atoms with Crippen LogP contribution in [0.25, 0.3) is 0 Å². The molecule has 3 rings (SSSR count). The van der Waals surface area contributed by atoms with Crippen LogP contribution in [0.5, 0.6) is 0 Å². The lowest BCUT2D eigenvalue weighted by molar-refractivity contribution is -0.117. The Bertz CT molecular complexity index is 1020. The molecular weight excluding hydrogens is 410 g/mol. The summed E-state index contributed by atoms with van der Waals surface area (Å²) in [5, 5.41) is 3.32. The van der Waals surface area contributed by atoms with Crippen molar-refractivity contribution in [2.45, 2.75) is 25.7 Å². The highest BCUT2D eigenvalue weighted by Gasteiger charge is 2.30. The first kappa shape index (κ1) is 21.8. The van der Waals surface area contributed by atoms with Crippen LogP contribution in [0.2, 0.25) is 5.02 Å². The maximum Gasteiger partial charge on any atom is 0.243 e. The molecule has 0 radical (unpaired) electrons. The van der Waals surface area contributed by atoms with Gasteiger partial charge in [-0.2, -0.15) is 4.31 Å². The van der Waals surface area contributed by atoms with E-state index in [1.807, 2.05) is 43.9 Å². The molecule has 0 unspecified atom stereocenters. The summed E-state index contributed by atoms with van der Waals surface area (Å²) in [5.41, 5.74) is 3.26. The smallest absolute Gasteiger partial charge is 0.243 e. The summed E-state index contributed by atoms with van der Waals surface area (Å²) in [6.07, 6.45) is 0. The largest absolute Gasteiger partial charge is 0.324 e. The molecule has 29 heavy (non-hydrogen) atoms. The number of aryl methyl sites for hydroxylation is 3. The fourth-order valence-electron chi connectivity index (χ4n) is 3.37. The summed E-state index contributed by atoms with van der Waals surface area (Å²) in [4.78, 5) is 14.7. The molecule has 1 saturated heterocycles. The zero-order chi connectivity index (χ0) is 21.2. The van der Waals surface area contributed by atoms with Crippen LogP contribution in [-0.4, -0.2) is 56.3 Å². The number of anilines is 1. The molecule has 0 aliphatic carbocycles. The quantitative estimate of drug-likeness (QED) is 0.782. The second kappa shape index (κ2) is 8.83. The predicted molar refractivity (Wildman–Crippen MR) is 116 cm³/mol. The van der Waals surface area contributed by atoms with Crippen LogP contribution >= 0.6 is 11.6 Å². The number of carbonyl (C=O) groups excluding carboxylic acids is 1. The van der Waals surface area contributed by atoms with Gasteiger partial charge in [-0.3, -0.25) is 9.69 Å². The van der Waals surface area contributed by atoms with E-state index in [4.69, 9.17) is 11.6 Å². The molecule has 1 N–H and O–H groups in total. The van der Waals surface area contributed by atoms with Crippen LogP contribution in [-0.2, 0) is 14.8 Å². The highest BCUT2D eigenvalue weighted by molar-refractivity contribution is 7.89. The zero-order valence-corrected chi connectivity index (χ0v) is 18.5. The van der Waals surface area contributed by atoms with E-state index in [1.54, 1.807) is 18.2 Å². The average Bonchev–Trinajstić information content (AvgIpc) is 2.66. The minimum Gasteiger partial charge on any atom is -0.324 e. The molecule has 0 bridgehead atoms. The number of benzene rings is 2. The third-order valence-electron chi connectivity index (χ3n) is 5.06. The highest BCUT2D eigenvalue weighted by atomic mass is 35.5. The minimum atomic E-state index is -3.54. The Balaban J connectivity index is 1.58. The van der Waals surface area contributed by atoms with Gasteiger partial charge in [0.15, 0.2) is 0 Å². The lowest BCUT2D eigenvalue weighted by atomic mass is 10.2. The Kier molecular flexibility index (Phi) is 6.63. The Morgan fingerprint density at radius 3 is 2.28 bits per heavy atom. The van der Waals surface area contributed by atoms with Crippen LogP contribution in [0.4, 0.5) is 5.69 Å². The van der Waals surface area contributed by atoms with E-state index in [2.05, 4.69) is 5.32 Å². The SMILES string of the molecule is Cc1ccc(NC(=O)CN2CCN(S(=O)(=O)c3cc(C)ccc3C)CC2)c(Cl)c1. The first-order chi connectivity index (χ1) is 13.7. The third kappa shape index (κ3) is 5.17. The molecule has 156 valence electrons. The van der Waals surface area contributed by atoms with Gasteiger partial charge in [0.2, 0.25) is 15.9 Å². The number of nitrogens with zero attached hydrogens (tertiary/aromatic N) is 2. The maximum absolute atomic E-state index is 13.0. The van der Waals surface area contributed by atoms with Crippen LogP contribution in [0.1, 0.15) is 16.7 Å². The van der Waals surface area contributed by atoms with Crippen molar-refractivity contribution in [3.05, 3.63) is 58.1 Å². The van der Waals surface area contributed by atoms with Crippen molar-refractivity contribution in [2.24, 2.45) is 0 Å². The van der Waals surface area contributed by atoms with Gasteiger partial charge in [0, 0.05) is 26.2 Å². The van der Waals surface area contributed by atoms with E-state index in [0.29, 0.717) is 41.8 Å². The Hall–Kier alpha value is -1.93. The number of sulfonamides is 1. The third-order valence-corrected chi connectivity index (χ3v) is 7.41. The Labute approximate surface area is 177 Å². The number of rotatable bonds is 5. The van der Waals surface area contributed by atoms with Gasteiger partial charge in [-0.05, 0) is 55.7 Å². The topological polar surface area (TPSA) is 69.7 Å². The number of amides is 1. The molecule has 1 amide bonds. The van der Waals surface area contributed by atoms with Crippen LogP contribution in [0.15, 0.2) is 41.3 Å². The Morgan fingerprint density at radius 1 is 1.00 bits per heavy atom. The van der Waals surface area contributed by atoms with E-state index < -0.39 is 10.0 Å². The molecule has 0 atom stereocenters. The first-order valence-corrected chi connectivity index (χ1v) is 11.3. The van der Waals surface area contributed by atoms with Gasteiger partial charge in [-0.1, -0.05) is 29.8 Å². The molecule has 0 spiro atoms.